The van der Waals surface area contributed by atoms with Crippen molar-refractivity contribution in [1.29, 1.82) is 0 Å². The van der Waals surface area contributed by atoms with Crippen LogP contribution in [-0.2, 0) is 0 Å². The molecule has 0 aliphatic carbocycles. The predicted molar refractivity (Wildman–Crippen MR) is 98.2 cm³/mol. The van der Waals surface area contributed by atoms with Crippen LogP contribution >= 0.6 is 0 Å². The van der Waals surface area contributed by atoms with E-state index in [2.05, 4.69) is 11.1 Å². The molecule has 1 N–H and O–H groups in total. The van der Waals surface area contributed by atoms with Gasteiger partial charge in [-0.2, -0.15) is 0 Å². The van der Waals surface area contributed by atoms with E-state index in [0.717, 1.165) is 22.0 Å². The van der Waals surface area contributed by atoms with Crippen molar-refractivity contribution in [3.05, 3.63) is 71.9 Å². The first-order valence-electron chi connectivity index (χ1n) is 7.81. The summed E-state index contributed by atoms with van der Waals surface area (Å²) in [5.41, 5.74) is 3.76. The smallest absolute Gasteiger partial charge is 0.411 e. The number of carboxylic acid groups (broad SMARTS) is 1. The van der Waals surface area contributed by atoms with E-state index in [1.54, 1.807) is 6.20 Å². The van der Waals surface area contributed by atoms with Gasteiger partial charge in [-0.25, -0.2) is 4.79 Å². The molecule has 0 aliphatic heterocycles. The van der Waals surface area contributed by atoms with Gasteiger partial charge in [-0.15, -0.1) is 0 Å². The van der Waals surface area contributed by atoms with Crippen molar-refractivity contribution >= 4 is 34.8 Å². The average molecular weight is 318 g/mol. The lowest BCUT2D eigenvalue weighted by Crippen LogP contribution is -2.28. The van der Waals surface area contributed by atoms with Gasteiger partial charge in [0.05, 0.1) is 5.52 Å². The lowest BCUT2D eigenvalue weighted by molar-refractivity contribution is 0.202. The van der Waals surface area contributed by atoms with Crippen LogP contribution in [0.2, 0.25) is 0 Å². The standard InChI is InChI=1S/C20H18N2O2/c1-2-22(20(23)24)17-11-8-15(9-12-17)7-10-16-13-14-21-19-6-4-3-5-18(16)19/h3-14H,2H2,1H3,(H,23,24)/b10-7-. The van der Waals surface area contributed by atoms with Crippen LogP contribution in [0.15, 0.2) is 60.8 Å². The van der Waals surface area contributed by atoms with Crippen LogP contribution in [0.5, 0.6) is 0 Å². The molecule has 4 heteroatoms. The maximum absolute atomic E-state index is 11.2. The third-order valence-electron chi connectivity index (χ3n) is 3.89. The van der Waals surface area contributed by atoms with E-state index in [4.69, 9.17) is 5.11 Å². The van der Waals surface area contributed by atoms with Gasteiger partial charge in [0.2, 0.25) is 0 Å². The fourth-order valence-corrected chi connectivity index (χ4v) is 2.64. The second kappa shape index (κ2) is 6.96. The molecular weight excluding hydrogens is 300 g/mol. The van der Waals surface area contributed by atoms with Crippen LogP contribution in [0.4, 0.5) is 10.5 Å². The molecule has 0 spiro atoms. The monoisotopic (exact) mass is 318 g/mol. The molecule has 0 aliphatic rings. The second-order valence-electron chi connectivity index (χ2n) is 5.37. The van der Waals surface area contributed by atoms with Gasteiger partial charge >= 0.3 is 6.09 Å². The Balaban J connectivity index is 1.85. The molecule has 24 heavy (non-hydrogen) atoms. The van der Waals surface area contributed by atoms with Crippen molar-refractivity contribution in [2.75, 3.05) is 11.4 Å². The minimum Gasteiger partial charge on any atom is -0.465 e. The molecule has 0 fully saturated rings. The third-order valence-corrected chi connectivity index (χ3v) is 3.89. The molecule has 2 aromatic carbocycles. The van der Waals surface area contributed by atoms with E-state index in [9.17, 15) is 4.79 Å². The van der Waals surface area contributed by atoms with Crippen LogP contribution in [0, 0.1) is 0 Å². The van der Waals surface area contributed by atoms with Crippen LogP contribution < -0.4 is 4.90 Å². The number of benzene rings is 2. The minimum atomic E-state index is -0.941. The minimum absolute atomic E-state index is 0.424. The summed E-state index contributed by atoms with van der Waals surface area (Å²) in [6.07, 6.45) is 4.93. The fourth-order valence-electron chi connectivity index (χ4n) is 2.64. The van der Waals surface area contributed by atoms with Crippen molar-refractivity contribution in [3.63, 3.8) is 0 Å². The van der Waals surface area contributed by atoms with Crippen LogP contribution in [0.25, 0.3) is 23.1 Å². The second-order valence-corrected chi connectivity index (χ2v) is 5.37. The molecule has 0 atom stereocenters. The molecule has 4 nitrogen and oxygen atoms in total. The Hall–Kier alpha value is -3.14. The molecule has 0 bridgehead atoms. The summed E-state index contributed by atoms with van der Waals surface area (Å²) in [4.78, 5) is 16.8. The van der Waals surface area contributed by atoms with E-state index >= 15 is 0 Å². The molecule has 0 saturated heterocycles. The molecular formula is C20H18N2O2. The number of nitrogens with zero attached hydrogens (tertiary/aromatic N) is 2. The summed E-state index contributed by atoms with van der Waals surface area (Å²) in [7, 11) is 0. The van der Waals surface area contributed by atoms with Crippen LogP contribution in [-0.4, -0.2) is 22.7 Å². The van der Waals surface area contributed by atoms with Gasteiger partial charge in [0.15, 0.2) is 0 Å². The highest BCUT2D eigenvalue weighted by molar-refractivity contribution is 5.90. The zero-order chi connectivity index (χ0) is 16.9. The first-order chi connectivity index (χ1) is 11.7. The van der Waals surface area contributed by atoms with Crippen molar-refractivity contribution < 1.29 is 9.90 Å². The number of para-hydroxylation sites is 1. The maximum Gasteiger partial charge on any atom is 0.411 e. The highest BCUT2D eigenvalue weighted by Crippen LogP contribution is 2.20. The van der Waals surface area contributed by atoms with Gasteiger partial charge in [0.1, 0.15) is 0 Å². The zero-order valence-corrected chi connectivity index (χ0v) is 13.4. The van der Waals surface area contributed by atoms with Gasteiger partial charge in [-0.1, -0.05) is 42.5 Å². The Labute approximate surface area is 140 Å². The molecule has 0 saturated carbocycles. The SMILES string of the molecule is CCN(C(=O)O)c1ccc(/C=C\c2ccnc3ccccc23)cc1. The Kier molecular flexibility index (Phi) is 4.57. The molecule has 3 rings (SSSR count). The van der Waals surface area contributed by atoms with Crippen molar-refractivity contribution in [1.82, 2.24) is 4.98 Å². The first kappa shape index (κ1) is 15.7. The quantitative estimate of drug-likeness (QED) is 0.743. The van der Waals surface area contributed by atoms with E-state index in [0.29, 0.717) is 12.2 Å². The van der Waals surface area contributed by atoms with Crippen molar-refractivity contribution in [3.8, 4) is 0 Å². The summed E-state index contributed by atoms with van der Waals surface area (Å²) in [5, 5.41) is 10.3. The molecule has 0 unspecified atom stereocenters. The van der Waals surface area contributed by atoms with Gasteiger partial charge in [-0.3, -0.25) is 9.88 Å². The first-order valence-corrected chi connectivity index (χ1v) is 7.81. The molecule has 1 amide bonds. The predicted octanol–water partition coefficient (Wildman–Crippen LogP) is 4.91. The molecule has 1 heterocycles. The Morgan fingerprint density at radius 1 is 1.08 bits per heavy atom. The largest absolute Gasteiger partial charge is 0.465 e. The van der Waals surface area contributed by atoms with E-state index in [1.807, 2.05) is 67.6 Å². The number of fused-ring (bicyclic) bond motifs is 1. The number of rotatable bonds is 4. The highest BCUT2D eigenvalue weighted by atomic mass is 16.4. The summed E-state index contributed by atoms with van der Waals surface area (Å²) < 4.78 is 0. The lowest BCUT2D eigenvalue weighted by Gasteiger charge is -2.16. The lowest BCUT2D eigenvalue weighted by atomic mass is 10.1. The summed E-state index contributed by atoms with van der Waals surface area (Å²) in [6.45, 7) is 2.24. The molecule has 3 aromatic rings. The van der Waals surface area contributed by atoms with E-state index in [-0.39, 0.29) is 0 Å². The summed E-state index contributed by atoms with van der Waals surface area (Å²) >= 11 is 0. The van der Waals surface area contributed by atoms with Crippen LogP contribution in [0.3, 0.4) is 0 Å². The maximum atomic E-state index is 11.2. The van der Waals surface area contributed by atoms with Crippen molar-refractivity contribution in [2.24, 2.45) is 0 Å². The normalized spacial score (nSPS) is 11.0. The number of hydrogen-bond acceptors (Lipinski definition) is 2. The number of anilines is 1. The average Bonchev–Trinajstić information content (AvgIpc) is 2.61. The van der Waals surface area contributed by atoms with Crippen LogP contribution in [0.1, 0.15) is 18.1 Å². The Morgan fingerprint density at radius 2 is 1.83 bits per heavy atom. The number of amides is 1. The van der Waals surface area contributed by atoms with Gasteiger partial charge in [0.25, 0.3) is 0 Å². The fraction of sp³-hybridized carbons (Fsp3) is 0.100. The summed E-state index contributed by atoms with van der Waals surface area (Å²) in [5.74, 6) is 0. The molecule has 1 aromatic heterocycles. The number of pyridine rings is 1. The topological polar surface area (TPSA) is 53.4 Å². The Bertz CT molecular complexity index is 880. The molecule has 120 valence electrons. The Morgan fingerprint density at radius 3 is 2.54 bits per heavy atom. The number of aromatic nitrogens is 1. The third kappa shape index (κ3) is 3.27. The van der Waals surface area contributed by atoms with Gasteiger partial charge in [-0.05, 0) is 42.3 Å². The number of carbonyl (C=O) groups is 1. The van der Waals surface area contributed by atoms with Gasteiger partial charge in [0, 0.05) is 23.8 Å². The zero-order valence-electron chi connectivity index (χ0n) is 13.4. The van der Waals surface area contributed by atoms with Gasteiger partial charge < -0.3 is 5.11 Å². The molecule has 0 radical (unpaired) electrons. The van der Waals surface area contributed by atoms with E-state index < -0.39 is 6.09 Å². The summed E-state index contributed by atoms with van der Waals surface area (Å²) in [6, 6.07) is 17.5. The highest BCUT2D eigenvalue weighted by Gasteiger charge is 2.10. The van der Waals surface area contributed by atoms with E-state index in [1.165, 1.54) is 4.90 Å². The number of hydrogen-bond donors (Lipinski definition) is 1. The van der Waals surface area contributed by atoms with Crippen molar-refractivity contribution in [2.45, 2.75) is 6.92 Å².